The number of hydrogen-bond donors (Lipinski definition) is 2. The molecular formula is C26H28N2O3. The zero-order valence-electron chi connectivity index (χ0n) is 17.9. The third kappa shape index (κ3) is 5.32. The number of ether oxygens (including phenoxy) is 2. The lowest BCUT2D eigenvalue weighted by molar-refractivity contribution is -0.106. The van der Waals surface area contributed by atoms with Gasteiger partial charge in [-0.3, -0.25) is 0 Å². The molecule has 1 saturated heterocycles. The first-order valence-electron chi connectivity index (χ1n) is 10.7. The van der Waals surface area contributed by atoms with Crippen LogP contribution in [0.4, 0.5) is 10.5 Å². The van der Waals surface area contributed by atoms with Gasteiger partial charge >= 0.3 is 6.03 Å². The van der Waals surface area contributed by atoms with Crippen LogP contribution in [0, 0.1) is 0 Å². The second-order valence-electron chi connectivity index (χ2n) is 7.71. The van der Waals surface area contributed by atoms with E-state index in [1.54, 1.807) is 0 Å². The molecule has 2 atom stereocenters. The van der Waals surface area contributed by atoms with Crippen molar-refractivity contribution in [1.82, 2.24) is 5.32 Å². The van der Waals surface area contributed by atoms with Crippen molar-refractivity contribution in [2.75, 3.05) is 18.5 Å². The van der Waals surface area contributed by atoms with Crippen molar-refractivity contribution in [1.29, 1.82) is 0 Å². The number of urea groups is 1. The number of carbonyl (C=O) groups excluding carboxylic acids is 1. The number of amides is 2. The van der Waals surface area contributed by atoms with Gasteiger partial charge in [0.15, 0.2) is 6.29 Å². The van der Waals surface area contributed by atoms with Crippen LogP contribution in [-0.2, 0) is 9.47 Å². The highest BCUT2D eigenvalue weighted by atomic mass is 16.7. The summed E-state index contributed by atoms with van der Waals surface area (Å²) in [7, 11) is 0. The molecule has 0 unspecified atom stereocenters. The molecule has 2 N–H and O–H groups in total. The van der Waals surface area contributed by atoms with E-state index >= 15 is 0 Å². The molecule has 5 nitrogen and oxygen atoms in total. The van der Waals surface area contributed by atoms with Gasteiger partial charge in [-0.15, -0.1) is 0 Å². The summed E-state index contributed by atoms with van der Waals surface area (Å²) < 4.78 is 11.1. The molecule has 3 aromatic rings. The average Bonchev–Trinajstić information content (AvgIpc) is 3.21. The molecule has 3 aromatic carbocycles. The standard InChI is InChI=1S/C26H28N2O3/c1-3-30-25-16-20(17-31-25)15-19-11-13-22(14-12-19)28-26(29)27-18(2)23-10-6-8-21-7-4-5-9-24(21)23/h4-15,18,25H,3,16-17H2,1-2H3,(H2,27,28,29)/b20-15-/t18-,25+/m1/s1. The molecule has 1 aliphatic heterocycles. The predicted octanol–water partition coefficient (Wildman–Crippen LogP) is 5.89. The van der Waals surface area contributed by atoms with E-state index in [1.165, 1.54) is 11.0 Å². The zero-order valence-corrected chi connectivity index (χ0v) is 17.9. The molecule has 1 aliphatic rings. The SMILES string of the molecule is CCO[C@@H]1C/C(=C/c2ccc(NC(=O)N[C@H](C)c3cccc4ccccc34)cc2)CO1. The van der Waals surface area contributed by atoms with Crippen LogP contribution in [0.2, 0.25) is 0 Å². The molecule has 0 aromatic heterocycles. The van der Waals surface area contributed by atoms with Gasteiger partial charge in [0.05, 0.1) is 12.6 Å². The van der Waals surface area contributed by atoms with Crippen molar-refractivity contribution in [2.45, 2.75) is 32.6 Å². The second kappa shape index (κ2) is 9.77. The Morgan fingerprint density at radius 2 is 1.90 bits per heavy atom. The van der Waals surface area contributed by atoms with Crippen LogP contribution in [0.3, 0.4) is 0 Å². The van der Waals surface area contributed by atoms with Gasteiger partial charge in [-0.05, 0) is 53.5 Å². The van der Waals surface area contributed by atoms with Crippen LogP contribution >= 0.6 is 0 Å². The Hall–Kier alpha value is -3.15. The lowest BCUT2D eigenvalue weighted by Crippen LogP contribution is -2.31. The van der Waals surface area contributed by atoms with E-state index in [-0.39, 0.29) is 18.4 Å². The highest BCUT2D eigenvalue weighted by Crippen LogP contribution is 2.25. The Balaban J connectivity index is 1.35. The fourth-order valence-corrected chi connectivity index (χ4v) is 3.89. The molecule has 0 bridgehead atoms. The van der Waals surface area contributed by atoms with Gasteiger partial charge in [-0.2, -0.15) is 0 Å². The van der Waals surface area contributed by atoms with E-state index in [0.29, 0.717) is 13.2 Å². The van der Waals surface area contributed by atoms with E-state index in [1.807, 2.05) is 56.3 Å². The van der Waals surface area contributed by atoms with Gasteiger partial charge in [0.2, 0.25) is 0 Å². The van der Waals surface area contributed by atoms with Crippen molar-refractivity contribution < 1.29 is 14.3 Å². The number of rotatable bonds is 6. The van der Waals surface area contributed by atoms with E-state index < -0.39 is 0 Å². The van der Waals surface area contributed by atoms with Gasteiger partial charge in [0.25, 0.3) is 0 Å². The first-order valence-corrected chi connectivity index (χ1v) is 10.7. The number of nitrogens with one attached hydrogen (secondary N) is 2. The minimum absolute atomic E-state index is 0.115. The summed E-state index contributed by atoms with van der Waals surface area (Å²) in [6, 6.07) is 21.8. The monoisotopic (exact) mass is 416 g/mol. The summed E-state index contributed by atoms with van der Waals surface area (Å²) in [5, 5.41) is 8.27. The van der Waals surface area contributed by atoms with Crippen LogP contribution < -0.4 is 10.6 Å². The van der Waals surface area contributed by atoms with Crippen LogP contribution in [0.1, 0.15) is 37.4 Å². The number of carbonyl (C=O) groups is 1. The minimum atomic E-state index is -0.227. The lowest BCUT2D eigenvalue weighted by atomic mass is 10.00. The molecule has 0 radical (unpaired) electrons. The molecular weight excluding hydrogens is 388 g/mol. The molecule has 2 amide bonds. The van der Waals surface area contributed by atoms with E-state index in [9.17, 15) is 4.79 Å². The van der Waals surface area contributed by atoms with Crippen molar-refractivity contribution in [2.24, 2.45) is 0 Å². The molecule has 31 heavy (non-hydrogen) atoms. The van der Waals surface area contributed by atoms with Crippen LogP contribution in [0.5, 0.6) is 0 Å². The summed E-state index contributed by atoms with van der Waals surface area (Å²) in [4.78, 5) is 12.5. The Kier molecular flexibility index (Phi) is 6.65. The van der Waals surface area contributed by atoms with Crippen LogP contribution in [0.15, 0.2) is 72.3 Å². The molecule has 0 aliphatic carbocycles. The summed E-state index contributed by atoms with van der Waals surface area (Å²) >= 11 is 0. The summed E-state index contributed by atoms with van der Waals surface area (Å²) in [5.74, 6) is 0. The van der Waals surface area contributed by atoms with Gasteiger partial charge in [-0.1, -0.05) is 60.7 Å². The predicted molar refractivity (Wildman–Crippen MR) is 125 cm³/mol. The molecule has 0 saturated carbocycles. The smallest absolute Gasteiger partial charge is 0.319 e. The molecule has 5 heteroatoms. The first-order chi connectivity index (χ1) is 15.1. The number of hydrogen-bond acceptors (Lipinski definition) is 3. The maximum Gasteiger partial charge on any atom is 0.319 e. The second-order valence-corrected chi connectivity index (χ2v) is 7.71. The Morgan fingerprint density at radius 3 is 2.71 bits per heavy atom. The maximum absolute atomic E-state index is 12.5. The molecule has 4 rings (SSSR count). The Bertz CT molecular complexity index is 1070. The third-order valence-electron chi connectivity index (χ3n) is 5.41. The van der Waals surface area contributed by atoms with E-state index in [2.05, 4.69) is 41.0 Å². The van der Waals surface area contributed by atoms with Gasteiger partial charge in [-0.25, -0.2) is 4.79 Å². The number of fused-ring (bicyclic) bond motifs is 1. The molecule has 1 heterocycles. The van der Waals surface area contributed by atoms with Gasteiger partial charge < -0.3 is 20.1 Å². The normalized spacial score (nSPS) is 18.3. The average molecular weight is 417 g/mol. The quantitative estimate of drug-likeness (QED) is 0.527. The van der Waals surface area contributed by atoms with E-state index in [4.69, 9.17) is 9.47 Å². The molecule has 0 spiro atoms. The van der Waals surface area contributed by atoms with Crippen molar-refractivity contribution >= 4 is 28.6 Å². The van der Waals surface area contributed by atoms with Crippen LogP contribution in [0.25, 0.3) is 16.8 Å². The number of benzene rings is 3. The Morgan fingerprint density at radius 1 is 1.13 bits per heavy atom. The summed E-state index contributed by atoms with van der Waals surface area (Å²) in [5.41, 5.74) is 4.13. The zero-order chi connectivity index (χ0) is 21.6. The Labute approximate surface area is 183 Å². The van der Waals surface area contributed by atoms with E-state index in [0.717, 1.165) is 28.6 Å². The van der Waals surface area contributed by atoms with Crippen molar-refractivity contribution in [3.05, 3.63) is 83.4 Å². The van der Waals surface area contributed by atoms with Gasteiger partial charge in [0, 0.05) is 18.7 Å². The summed E-state index contributed by atoms with van der Waals surface area (Å²) in [6.45, 7) is 5.21. The van der Waals surface area contributed by atoms with Gasteiger partial charge in [0.1, 0.15) is 0 Å². The fourth-order valence-electron chi connectivity index (χ4n) is 3.89. The van der Waals surface area contributed by atoms with Crippen molar-refractivity contribution in [3.8, 4) is 0 Å². The van der Waals surface area contributed by atoms with Crippen molar-refractivity contribution in [3.63, 3.8) is 0 Å². The van der Waals surface area contributed by atoms with Crippen LogP contribution in [-0.4, -0.2) is 25.5 Å². The number of anilines is 1. The fraction of sp³-hybridized carbons (Fsp3) is 0.269. The highest BCUT2D eigenvalue weighted by Gasteiger charge is 2.19. The topological polar surface area (TPSA) is 59.6 Å². The largest absolute Gasteiger partial charge is 0.353 e. The first kappa shape index (κ1) is 21.1. The lowest BCUT2D eigenvalue weighted by Gasteiger charge is -2.17. The third-order valence-corrected chi connectivity index (χ3v) is 5.41. The maximum atomic E-state index is 12.5. The minimum Gasteiger partial charge on any atom is -0.353 e. The molecule has 160 valence electrons. The summed E-state index contributed by atoms with van der Waals surface area (Å²) in [6.07, 6.45) is 2.78. The highest BCUT2D eigenvalue weighted by molar-refractivity contribution is 5.91. The molecule has 1 fully saturated rings.